The van der Waals surface area contributed by atoms with Crippen molar-refractivity contribution in [3.05, 3.63) is 100 Å². The minimum Gasteiger partial charge on any atom is -0.490 e. The Bertz CT molecular complexity index is 1910. The quantitative estimate of drug-likeness (QED) is 0.140. The van der Waals surface area contributed by atoms with Crippen LogP contribution in [0.5, 0.6) is 11.5 Å². The molecule has 2 heterocycles. The maximum absolute atomic E-state index is 15.2. The van der Waals surface area contributed by atoms with Gasteiger partial charge < -0.3 is 28.7 Å². The molecule has 6 rings (SSSR count). The van der Waals surface area contributed by atoms with Crippen molar-refractivity contribution < 1.29 is 33.3 Å². The summed E-state index contributed by atoms with van der Waals surface area (Å²) in [7, 11) is 0. The Morgan fingerprint density at radius 1 is 0.786 bits per heavy atom. The molecule has 56 heavy (non-hydrogen) atoms. The second-order valence-corrected chi connectivity index (χ2v) is 19.0. The van der Waals surface area contributed by atoms with Crippen LogP contribution in [0.4, 0.5) is 9.59 Å². The van der Waals surface area contributed by atoms with Gasteiger partial charge in [0.05, 0.1) is 12.1 Å². The number of hydrogen-bond acceptors (Lipinski definition) is 7. The highest BCUT2D eigenvalue weighted by atomic mass is 79.9. The molecule has 3 aromatic rings. The summed E-state index contributed by atoms with van der Waals surface area (Å²) in [6.07, 6.45) is 0.676. The number of hydrogen-bond donors (Lipinski definition) is 0. The number of carbonyl (C=O) groups is 3. The van der Waals surface area contributed by atoms with E-state index in [1.807, 2.05) is 83.8 Å². The fourth-order valence-electron chi connectivity index (χ4n) is 6.82. The van der Waals surface area contributed by atoms with Crippen LogP contribution in [0.15, 0.2) is 88.9 Å². The first-order valence-electron chi connectivity index (χ1n) is 18.7. The van der Waals surface area contributed by atoms with Crippen LogP contribution in [0.1, 0.15) is 65.0 Å². The molecule has 14 heteroatoms. The highest BCUT2D eigenvalue weighted by molar-refractivity contribution is 9.10. The minimum absolute atomic E-state index is 0.0112. The zero-order valence-electron chi connectivity index (χ0n) is 32.1. The second-order valence-electron chi connectivity index (χ2n) is 15.8. The van der Waals surface area contributed by atoms with Crippen molar-refractivity contribution in [3.63, 3.8) is 0 Å². The lowest BCUT2D eigenvalue weighted by atomic mass is 9.81. The second kappa shape index (κ2) is 17.1. The maximum Gasteiger partial charge on any atom is 0.411 e. The predicted molar refractivity (Wildman–Crippen MR) is 221 cm³/mol. The topological polar surface area (TPSA) is 97.8 Å². The van der Waals surface area contributed by atoms with Crippen LogP contribution in [-0.2, 0) is 20.8 Å². The van der Waals surface area contributed by atoms with Gasteiger partial charge in [-0.3, -0.25) is 9.69 Å². The molecule has 1 saturated carbocycles. The van der Waals surface area contributed by atoms with Crippen LogP contribution in [0.25, 0.3) is 5.57 Å². The van der Waals surface area contributed by atoms with Gasteiger partial charge in [-0.1, -0.05) is 93.2 Å². The lowest BCUT2D eigenvalue weighted by Gasteiger charge is -2.51. The number of rotatable bonds is 11. The third-order valence-electron chi connectivity index (χ3n) is 9.85. The molecule has 2 unspecified atom stereocenters. The summed E-state index contributed by atoms with van der Waals surface area (Å²) in [5.74, 6) is 1.16. The first-order valence-corrected chi connectivity index (χ1v) is 20.6. The minimum atomic E-state index is -1.94. The van der Waals surface area contributed by atoms with E-state index >= 15 is 4.79 Å². The van der Waals surface area contributed by atoms with Crippen LogP contribution in [0.3, 0.4) is 0 Å². The average Bonchev–Trinajstić information content (AvgIpc) is 3.97. The fourth-order valence-corrected chi connectivity index (χ4v) is 7.20. The van der Waals surface area contributed by atoms with Crippen molar-refractivity contribution >= 4 is 74.4 Å². The zero-order chi connectivity index (χ0) is 40.4. The number of fused-ring (bicyclic) bond motifs is 2. The van der Waals surface area contributed by atoms with Gasteiger partial charge in [-0.2, -0.15) is 0 Å². The van der Waals surface area contributed by atoms with E-state index < -0.39 is 39.3 Å². The number of amides is 3. The molecule has 3 aliphatic rings. The molecule has 3 aromatic carbocycles. The van der Waals surface area contributed by atoms with Crippen molar-refractivity contribution in [2.24, 2.45) is 0 Å². The number of alkyl halides is 3. The zero-order valence-corrected chi connectivity index (χ0v) is 36.0. The number of nitrogens with zero attached hydrogens (tertiary/aromatic N) is 3. The summed E-state index contributed by atoms with van der Waals surface area (Å²) >= 11 is 22.2. The van der Waals surface area contributed by atoms with Crippen molar-refractivity contribution in [1.29, 1.82) is 0 Å². The third kappa shape index (κ3) is 10.3. The molecule has 2 bridgehead atoms. The Balaban J connectivity index is 1.36. The first-order chi connectivity index (χ1) is 26.4. The monoisotopic (exact) mass is 889 g/mol. The lowest BCUT2D eigenvalue weighted by Crippen LogP contribution is -2.66. The number of piperazine rings is 1. The number of carbonyl (C=O) groups excluding carboxylic acids is 3. The molecular formula is C42H47BrCl3N3O7. The van der Waals surface area contributed by atoms with E-state index in [-0.39, 0.29) is 31.5 Å². The van der Waals surface area contributed by atoms with Gasteiger partial charge in [0.2, 0.25) is 3.79 Å². The molecular weight excluding hydrogens is 845 g/mol. The van der Waals surface area contributed by atoms with Crippen molar-refractivity contribution in [3.8, 4) is 11.5 Å². The Kier molecular flexibility index (Phi) is 12.8. The van der Waals surface area contributed by atoms with Crippen LogP contribution in [0, 0.1) is 0 Å². The number of halogens is 4. The maximum atomic E-state index is 15.2. The molecule has 2 fully saturated rings. The summed E-state index contributed by atoms with van der Waals surface area (Å²) < 4.78 is 22.5. The van der Waals surface area contributed by atoms with Crippen LogP contribution >= 0.6 is 50.7 Å². The lowest BCUT2D eigenvalue weighted by molar-refractivity contribution is -0.129. The summed E-state index contributed by atoms with van der Waals surface area (Å²) in [6, 6.07) is 23.5. The van der Waals surface area contributed by atoms with E-state index in [9.17, 15) is 9.59 Å². The van der Waals surface area contributed by atoms with Gasteiger partial charge in [0.1, 0.15) is 30.3 Å². The van der Waals surface area contributed by atoms with E-state index in [1.54, 1.807) is 30.6 Å². The third-order valence-corrected chi connectivity index (χ3v) is 11.7. The van der Waals surface area contributed by atoms with Gasteiger partial charge in [-0.25, -0.2) is 9.59 Å². The average molecular weight is 892 g/mol. The van der Waals surface area contributed by atoms with Gasteiger partial charge in [0, 0.05) is 35.7 Å². The highest BCUT2D eigenvalue weighted by Crippen LogP contribution is 2.44. The van der Waals surface area contributed by atoms with Crippen molar-refractivity contribution in [2.75, 3.05) is 26.3 Å². The van der Waals surface area contributed by atoms with E-state index in [2.05, 4.69) is 15.9 Å². The van der Waals surface area contributed by atoms with Crippen molar-refractivity contribution in [2.45, 2.75) is 93.5 Å². The summed E-state index contributed by atoms with van der Waals surface area (Å²) in [4.78, 5) is 48.1. The molecule has 2 aliphatic heterocycles. The number of benzene rings is 3. The smallest absolute Gasteiger partial charge is 0.411 e. The predicted octanol–water partition coefficient (Wildman–Crippen LogP) is 9.83. The van der Waals surface area contributed by atoms with E-state index in [1.165, 1.54) is 13.8 Å². The molecule has 0 spiro atoms. The summed E-state index contributed by atoms with van der Waals surface area (Å²) in [5.41, 5.74) is 0.685. The molecule has 0 N–H and O–H groups in total. The van der Waals surface area contributed by atoms with E-state index in [0.717, 1.165) is 39.8 Å². The molecule has 0 aromatic heterocycles. The Hall–Kier alpha value is -3.64. The summed E-state index contributed by atoms with van der Waals surface area (Å²) in [6.45, 7) is 9.60. The molecule has 2 atom stereocenters. The van der Waals surface area contributed by atoms with Gasteiger partial charge in [-0.05, 0) is 107 Å². The molecule has 0 radical (unpaired) electrons. The van der Waals surface area contributed by atoms with Crippen LogP contribution in [-0.4, -0.2) is 92.2 Å². The SMILES string of the molecule is CC(C)(C)OC(=O)N1CC2CC(c3ccc(OCCOc4ccc(Br)cc4)cc3)=C(C(=O)N(Cc3ccccc3)C3CC3)C(C1)N2C(=O)OC(C)(C)C(Cl)(Cl)Cl. The van der Waals surface area contributed by atoms with E-state index in [4.69, 9.17) is 53.8 Å². The standard InChI is InChI=1S/C42H47BrCl3N3O7/c1-40(2,3)55-38(51)47-25-31-23-34(28-11-17-32(18-12-28)53-21-22-54-33-19-13-29(43)14-20-33)36(35(26-47)49(31)39(52)56-41(4,5)42(44,45)46)37(50)48(30-15-16-30)24-27-9-7-6-8-10-27/h6-14,17-20,30-31,35H,15-16,21-26H2,1-5H3. The van der Waals surface area contributed by atoms with Crippen molar-refractivity contribution in [1.82, 2.24) is 14.7 Å². The molecule has 300 valence electrons. The molecule has 1 saturated heterocycles. The van der Waals surface area contributed by atoms with Gasteiger partial charge in [-0.15, -0.1) is 0 Å². The summed E-state index contributed by atoms with van der Waals surface area (Å²) in [5, 5.41) is 0. The molecule has 10 nitrogen and oxygen atoms in total. The Labute approximate surface area is 352 Å². The fraction of sp³-hybridized carbons (Fsp3) is 0.452. The van der Waals surface area contributed by atoms with Gasteiger partial charge >= 0.3 is 12.2 Å². The number of ether oxygens (including phenoxy) is 4. The molecule has 3 amide bonds. The van der Waals surface area contributed by atoms with Gasteiger partial charge in [0.25, 0.3) is 5.91 Å². The Morgan fingerprint density at radius 3 is 1.93 bits per heavy atom. The largest absolute Gasteiger partial charge is 0.490 e. The van der Waals surface area contributed by atoms with Crippen LogP contribution < -0.4 is 9.47 Å². The Morgan fingerprint density at radius 2 is 1.38 bits per heavy atom. The van der Waals surface area contributed by atoms with Crippen LogP contribution in [0.2, 0.25) is 0 Å². The van der Waals surface area contributed by atoms with Gasteiger partial charge in [0.15, 0.2) is 5.60 Å². The van der Waals surface area contributed by atoms with E-state index in [0.29, 0.717) is 31.1 Å². The first kappa shape index (κ1) is 42.0. The normalized spacial score (nSPS) is 18.7. The highest BCUT2D eigenvalue weighted by Gasteiger charge is 2.52. The molecule has 1 aliphatic carbocycles.